The number of carbonyl (C=O) groups excluding carboxylic acids is 4. The number of benzene rings is 4. The van der Waals surface area contributed by atoms with Crippen molar-refractivity contribution < 1.29 is 48.3 Å². The minimum Gasteiger partial charge on any atom is -0.491 e. The second-order valence-corrected chi connectivity index (χ2v) is 16.3. The number of morpholine rings is 1. The highest BCUT2D eigenvalue weighted by Gasteiger charge is 2.76. The first-order chi connectivity index (χ1) is 30.8. The summed E-state index contributed by atoms with van der Waals surface area (Å²) in [6.45, 7) is 0.499. The van der Waals surface area contributed by atoms with Gasteiger partial charge >= 0.3 is 12.1 Å². The number of fused-ring (bicyclic) bond motifs is 3. The number of methoxy groups -OCH3 is 1. The van der Waals surface area contributed by atoms with Crippen LogP contribution in [0, 0.1) is 17.8 Å². The Morgan fingerprint density at radius 1 is 0.778 bits per heavy atom. The van der Waals surface area contributed by atoms with Gasteiger partial charge in [0.25, 0.3) is 0 Å². The number of imide groups is 1. The van der Waals surface area contributed by atoms with E-state index in [0.717, 1.165) is 48.1 Å². The summed E-state index contributed by atoms with van der Waals surface area (Å²) in [5.41, 5.74) is 1.18. The van der Waals surface area contributed by atoms with Crippen molar-refractivity contribution in [2.75, 3.05) is 58.1 Å². The maximum atomic E-state index is 16.3. The minimum absolute atomic E-state index is 0.0557. The van der Waals surface area contributed by atoms with E-state index in [0.29, 0.717) is 35.5 Å². The van der Waals surface area contributed by atoms with Crippen molar-refractivity contribution in [3.63, 3.8) is 0 Å². The number of carbonyl (C=O) groups is 4. The minimum atomic E-state index is -1.94. The molecule has 0 bridgehead atoms. The van der Waals surface area contributed by atoms with Crippen molar-refractivity contribution >= 4 is 29.6 Å². The van der Waals surface area contributed by atoms with Crippen LogP contribution < -0.4 is 9.64 Å². The van der Waals surface area contributed by atoms with Crippen molar-refractivity contribution in [3.8, 4) is 17.6 Å². The summed E-state index contributed by atoms with van der Waals surface area (Å²) < 4.78 is 23.3. The van der Waals surface area contributed by atoms with Gasteiger partial charge in [-0.05, 0) is 65.4 Å². The number of aliphatic hydroxyl groups is 2. The molecule has 4 heterocycles. The Morgan fingerprint density at radius 3 is 2.13 bits per heavy atom. The van der Waals surface area contributed by atoms with Crippen molar-refractivity contribution in [1.82, 2.24) is 9.80 Å². The number of rotatable bonds is 11. The lowest BCUT2D eigenvalue weighted by molar-refractivity contribution is -0.179. The molecule has 4 aromatic carbocycles. The van der Waals surface area contributed by atoms with Crippen LogP contribution in [-0.2, 0) is 34.0 Å². The van der Waals surface area contributed by atoms with Crippen LogP contribution in [0.3, 0.4) is 0 Å². The summed E-state index contributed by atoms with van der Waals surface area (Å²) >= 11 is 0. The molecule has 1 spiro atoms. The molecule has 8 rings (SSSR count). The molecular formula is C50H53N3O10. The summed E-state index contributed by atoms with van der Waals surface area (Å²) in [6, 6.07) is 28.1. The van der Waals surface area contributed by atoms with E-state index >= 15 is 14.4 Å². The van der Waals surface area contributed by atoms with Crippen LogP contribution >= 0.6 is 0 Å². The SMILES string of the molecule is COCCOC(=O)N1C(=O)[C@@]2(c3cc(C#CCCO)ccc31)[C@H](c1ccc(OCCO)cc1)N1[C@H](c3ccccc3)[C@H](c3ccccc3)OC(=O)[C@H]1[C@@H]2C(=O)N1CCCCCCC1. The fourth-order valence-corrected chi connectivity index (χ4v) is 10.0. The quantitative estimate of drug-likeness (QED) is 0.103. The third kappa shape index (κ3) is 8.20. The zero-order valence-electron chi connectivity index (χ0n) is 35.4. The van der Waals surface area contributed by atoms with Crippen molar-refractivity contribution in [2.45, 2.75) is 68.2 Å². The summed E-state index contributed by atoms with van der Waals surface area (Å²) in [6.07, 6.45) is 2.77. The molecule has 6 atom stereocenters. The first-order valence-corrected chi connectivity index (χ1v) is 21.8. The maximum absolute atomic E-state index is 16.3. The van der Waals surface area contributed by atoms with Crippen molar-refractivity contribution in [1.29, 1.82) is 0 Å². The molecule has 4 aliphatic heterocycles. The third-order valence-corrected chi connectivity index (χ3v) is 12.6. The van der Waals surface area contributed by atoms with E-state index in [9.17, 15) is 15.0 Å². The number of amides is 3. The molecule has 328 valence electrons. The molecule has 0 aliphatic carbocycles. The highest BCUT2D eigenvalue weighted by atomic mass is 16.6. The zero-order valence-corrected chi connectivity index (χ0v) is 35.4. The topological polar surface area (TPSA) is 155 Å². The second-order valence-electron chi connectivity index (χ2n) is 16.3. The maximum Gasteiger partial charge on any atom is 0.421 e. The number of hydrogen-bond acceptors (Lipinski definition) is 11. The van der Waals surface area contributed by atoms with Gasteiger partial charge in [-0.2, -0.15) is 0 Å². The third-order valence-electron chi connectivity index (χ3n) is 12.6. The Kier molecular flexibility index (Phi) is 13.5. The molecule has 3 fully saturated rings. The Bertz CT molecular complexity index is 2320. The van der Waals surface area contributed by atoms with Gasteiger partial charge in [0.05, 0.1) is 43.5 Å². The lowest BCUT2D eigenvalue weighted by Crippen LogP contribution is -2.56. The van der Waals surface area contributed by atoms with Gasteiger partial charge in [0.15, 0.2) is 0 Å². The highest BCUT2D eigenvalue weighted by molar-refractivity contribution is 6.23. The average Bonchev–Trinajstić information content (AvgIpc) is 3.75. The molecule has 63 heavy (non-hydrogen) atoms. The van der Waals surface area contributed by atoms with Crippen LogP contribution in [0.5, 0.6) is 5.75 Å². The molecule has 3 amide bonds. The summed E-state index contributed by atoms with van der Waals surface area (Å²) in [4.78, 5) is 66.9. The Morgan fingerprint density at radius 2 is 1.46 bits per heavy atom. The fourth-order valence-electron chi connectivity index (χ4n) is 10.0. The van der Waals surface area contributed by atoms with Crippen LogP contribution in [-0.4, -0.2) is 103 Å². The van der Waals surface area contributed by atoms with E-state index in [-0.39, 0.29) is 51.0 Å². The monoisotopic (exact) mass is 855 g/mol. The number of anilines is 1. The Hall–Kier alpha value is -6.04. The zero-order chi connectivity index (χ0) is 43.9. The number of esters is 1. The smallest absolute Gasteiger partial charge is 0.421 e. The molecule has 0 saturated carbocycles. The molecule has 13 nitrogen and oxygen atoms in total. The average molecular weight is 856 g/mol. The highest BCUT2D eigenvalue weighted by Crippen LogP contribution is 2.66. The van der Waals surface area contributed by atoms with Crippen molar-refractivity contribution in [2.24, 2.45) is 5.92 Å². The van der Waals surface area contributed by atoms with Crippen LogP contribution in [0.25, 0.3) is 0 Å². The van der Waals surface area contributed by atoms with Crippen molar-refractivity contribution in [3.05, 3.63) is 131 Å². The molecule has 4 aliphatic rings. The van der Waals surface area contributed by atoms with E-state index in [2.05, 4.69) is 11.8 Å². The van der Waals surface area contributed by atoms with Gasteiger partial charge in [-0.15, -0.1) is 0 Å². The first kappa shape index (κ1) is 43.6. The lowest BCUT2D eigenvalue weighted by atomic mass is 9.64. The number of hydrogen-bond donors (Lipinski definition) is 2. The number of likely N-dealkylation sites (tertiary alicyclic amines) is 1. The van der Waals surface area contributed by atoms with Gasteiger partial charge in [0.1, 0.15) is 36.5 Å². The lowest BCUT2D eigenvalue weighted by Gasteiger charge is -2.46. The predicted molar refractivity (Wildman–Crippen MR) is 232 cm³/mol. The second kappa shape index (κ2) is 19.6. The largest absolute Gasteiger partial charge is 0.491 e. The molecule has 0 radical (unpaired) electrons. The van der Waals surface area contributed by atoms with E-state index in [1.165, 1.54) is 7.11 Å². The van der Waals surface area contributed by atoms with Gasteiger partial charge in [-0.1, -0.05) is 104 Å². The molecule has 0 aromatic heterocycles. The molecule has 4 aromatic rings. The van der Waals surface area contributed by atoms with Gasteiger partial charge in [0, 0.05) is 32.2 Å². The summed E-state index contributed by atoms with van der Waals surface area (Å²) in [7, 11) is 1.48. The predicted octanol–water partition coefficient (Wildman–Crippen LogP) is 6.03. The van der Waals surface area contributed by atoms with Crippen LogP contribution in [0.1, 0.15) is 84.5 Å². The van der Waals surface area contributed by atoms with Crippen LogP contribution in [0.15, 0.2) is 103 Å². The number of nitrogens with zero attached hydrogens (tertiary/aromatic N) is 3. The van der Waals surface area contributed by atoms with E-state index < -0.39 is 53.5 Å². The Balaban J connectivity index is 1.45. The molecule has 0 unspecified atom stereocenters. The fraction of sp³-hybridized carbons (Fsp3) is 0.400. The van der Waals surface area contributed by atoms with Gasteiger partial charge in [0.2, 0.25) is 11.8 Å². The standard InChI is InChI=1S/C50H53N3O10/c1-60-31-32-62-49(59)52-40-25-20-34(15-11-14-28-54)33-39(40)50(48(52)58)41(46(56)51-26-12-3-2-4-13-27-51)43-47(57)63-44(36-18-9-6-10-19-36)42(35-16-7-5-8-17-35)53(43)45(50)37-21-23-38(24-22-37)61-30-29-55/h5-10,16-25,33,41-45,54-55H,2-4,12-14,26-32H2,1H3/t41-,42-,43-,44+,45+,50-/m1/s1. The van der Waals surface area contributed by atoms with Gasteiger partial charge in [-0.3, -0.25) is 19.3 Å². The first-order valence-electron chi connectivity index (χ1n) is 21.8. The molecule has 3 saturated heterocycles. The van der Waals surface area contributed by atoms with E-state index in [1.807, 2.05) is 77.7 Å². The van der Waals surface area contributed by atoms with Gasteiger partial charge in [-0.25, -0.2) is 9.69 Å². The number of ether oxygens (including phenoxy) is 4. The summed E-state index contributed by atoms with van der Waals surface area (Å²) in [5, 5.41) is 19.2. The molecule has 13 heteroatoms. The van der Waals surface area contributed by atoms with Crippen LogP contribution in [0.4, 0.5) is 10.5 Å². The number of cyclic esters (lactones) is 1. The number of aliphatic hydroxyl groups excluding tert-OH is 2. The molecular weight excluding hydrogens is 803 g/mol. The van der Waals surface area contributed by atoms with Gasteiger partial charge < -0.3 is 34.1 Å². The normalized spacial score (nSPS) is 24.4. The van der Waals surface area contributed by atoms with E-state index in [1.54, 1.807) is 35.2 Å². The molecule has 2 N–H and O–H groups in total. The summed E-state index contributed by atoms with van der Waals surface area (Å²) in [5.74, 6) is 3.39. The van der Waals surface area contributed by atoms with E-state index in [4.69, 9.17) is 18.9 Å². The Labute approximate surface area is 367 Å². The van der Waals surface area contributed by atoms with Crippen LogP contribution in [0.2, 0.25) is 0 Å².